The Bertz CT molecular complexity index is 285. The van der Waals surface area contributed by atoms with Crippen LogP contribution in [0.5, 0.6) is 0 Å². The lowest BCUT2D eigenvalue weighted by Gasteiger charge is -2.15. The van der Waals surface area contributed by atoms with Gasteiger partial charge in [0, 0.05) is 13.5 Å². The first kappa shape index (κ1) is 11.6. The van der Waals surface area contributed by atoms with E-state index in [1.807, 2.05) is 0 Å². The van der Waals surface area contributed by atoms with Gasteiger partial charge in [0.25, 0.3) is 0 Å². The molecule has 0 aliphatic heterocycles. The predicted molar refractivity (Wildman–Crippen MR) is 55.8 cm³/mol. The minimum atomic E-state index is 0.111. The average Bonchev–Trinajstić information content (AvgIpc) is 2.70. The van der Waals surface area contributed by atoms with Crippen molar-refractivity contribution in [3.05, 3.63) is 12.2 Å². The van der Waals surface area contributed by atoms with Crippen molar-refractivity contribution < 1.29 is 4.79 Å². The van der Waals surface area contributed by atoms with Gasteiger partial charge in [-0.05, 0) is 19.4 Å². The SMILES string of the molecule is CN(Cc1ncn[nH]1)C(=O)CCCCN. The molecule has 6 heteroatoms. The summed E-state index contributed by atoms with van der Waals surface area (Å²) in [5.41, 5.74) is 5.35. The molecular formula is C9H17N5O. The average molecular weight is 211 g/mol. The van der Waals surface area contributed by atoms with E-state index in [-0.39, 0.29) is 5.91 Å². The second kappa shape index (κ2) is 6.13. The van der Waals surface area contributed by atoms with Crippen molar-refractivity contribution in [1.29, 1.82) is 0 Å². The number of hydrogen-bond acceptors (Lipinski definition) is 4. The molecule has 0 fully saturated rings. The van der Waals surface area contributed by atoms with Crippen LogP contribution >= 0.6 is 0 Å². The highest BCUT2D eigenvalue weighted by molar-refractivity contribution is 5.75. The van der Waals surface area contributed by atoms with Gasteiger partial charge in [0.05, 0.1) is 6.54 Å². The molecule has 84 valence electrons. The zero-order valence-electron chi connectivity index (χ0n) is 8.94. The zero-order chi connectivity index (χ0) is 11.1. The molecule has 0 spiro atoms. The summed E-state index contributed by atoms with van der Waals surface area (Å²) >= 11 is 0. The predicted octanol–water partition coefficient (Wildman–Crippen LogP) is -0.108. The number of amides is 1. The number of H-pyrrole nitrogens is 1. The maximum absolute atomic E-state index is 11.6. The van der Waals surface area contributed by atoms with Crippen LogP contribution in [0.4, 0.5) is 0 Å². The van der Waals surface area contributed by atoms with Crippen LogP contribution in [0, 0.1) is 0 Å². The Morgan fingerprint density at radius 2 is 2.40 bits per heavy atom. The maximum Gasteiger partial charge on any atom is 0.222 e. The molecule has 1 rings (SSSR count). The molecule has 15 heavy (non-hydrogen) atoms. The molecule has 0 bridgehead atoms. The largest absolute Gasteiger partial charge is 0.338 e. The highest BCUT2D eigenvalue weighted by atomic mass is 16.2. The number of rotatable bonds is 6. The van der Waals surface area contributed by atoms with Crippen molar-refractivity contribution in [2.45, 2.75) is 25.8 Å². The van der Waals surface area contributed by atoms with Crippen LogP contribution in [-0.2, 0) is 11.3 Å². The molecule has 0 atom stereocenters. The Kier molecular flexibility index (Phi) is 4.76. The summed E-state index contributed by atoms with van der Waals surface area (Å²) in [5.74, 6) is 0.810. The number of nitrogens with two attached hydrogens (primary N) is 1. The molecule has 0 saturated carbocycles. The normalized spacial score (nSPS) is 10.3. The molecule has 1 heterocycles. The molecule has 0 aromatic carbocycles. The molecule has 6 nitrogen and oxygen atoms in total. The highest BCUT2D eigenvalue weighted by Crippen LogP contribution is 2.01. The number of hydrogen-bond donors (Lipinski definition) is 2. The molecule has 1 amide bonds. The van der Waals surface area contributed by atoms with Crippen molar-refractivity contribution in [1.82, 2.24) is 20.1 Å². The minimum absolute atomic E-state index is 0.111. The highest BCUT2D eigenvalue weighted by Gasteiger charge is 2.09. The quantitative estimate of drug-likeness (QED) is 0.643. The third kappa shape index (κ3) is 4.07. The number of unbranched alkanes of at least 4 members (excludes halogenated alkanes) is 1. The van der Waals surface area contributed by atoms with Gasteiger partial charge in [-0.2, -0.15) is 5.10 Å². The summed E-state index contributed by atoms with van der Waals surface area (Å²) in [6, 6.07) is 0. The van der Waals surface area contributed by atoms with Crippen LogP contribution in [0.15, 0.2) is 6.33 Å². The first-order chi connectivity index (χ1) is 7.24. The van der Waals surface area contributed by atoms with Gasteiger partial charge in [-0.3, -0.25) is 9.89 Å². The van der Waals surface area contributed by atoms with Crippen LogP contribution in [0.1, 0.15) is 25.1 Å². The monoisotopic (exact) mass is 211 g/mol. The molecular weight excluding hydrogens is 194 g/mol. The molecule has 3 N–H and O–H groups in total. The van der Waals surface area contributed by atoms with Gasteiger partial charge in [-0.25, -0.2) is 4.98 Å². The minimum Gasteiger partial charge on any atom is -0.338 e. The van der Waals surface area contributed by atoms with E-state index >= 15 is 0 Å². The molecule has 1 aromatic rings. The van der Waals surface area contributed by atoms with Gasteiger partial charge in [-0.1, -0.05) is 0 Å². The van der Waals surface area contributed by atoms with Gasteiger partial charge in [0.15, 0.2) is 0 Å². The van der Waals surface area contributed by atoms with E-state index < -0.39 is 0 Å². The summed E-state index contributed by atoms with van der Waals surface area (Å²) in [4.78, 5) is 17.2. The van der Waals surface area contributed by atoms with Crippen molar-refractivity contribution in [2.24, 2.45) is 5.73 Å². The van der Waals surface area contributed by atoms with E-state index in [9.17, 15) is 4.79 Å². The molecule has 0 saturated heterocycles. The van der Waals surface area contributed by atoms with E-state index in [1.165, 1.54) is 6.33 Å². The third-order valence-electron chi connectivity index (χ3n) is 2.12. The Morgan fingerprint density at radius 3 is 3.00 bits per heavy atom. The van der Waals surface area contributed by atoms with Crippen molar-refractivity contribution in [2.75, 3.05) is 13.6 Å². The molecule has 0 aliphatic carbocycles. The molecule has 0 aliphatic rings. The Hall–Kier alpha value is -1.43. The molecule has 0 radical (unpaired) electrons. The lowest BCUT2D eigenvalue weighted by molar-refractivity contribution is -0.130. The summed E-state index contributed by atoms with van der Waals surface area (Å²) in [6.45, 7) is 1.11. The Labute approximate surface area is 88.9 Å². The lowest BCUT2D eigenvalue weighted by Crippen LogP contribution is -2.26. The van der Waals surface area contributed by atoms with Gasteiger partial charge < -0.3 is 10.6 Å². The lowest BCUT2D eigenvalue weighted by atomic mass is 10.2. The number of nitrogens with zero attached hydrogens (tertiary/aromatic N) is 3. The van der Waals surface area contributed by atoms with E-state index in [0.717, 1.165) is 12.8 Å². The maximum atomic E-state index is 11.6. The van der Waals surface area contributed by atoms with Gasteiger partial charge in [0.1, 0.15) is 12.2 Å². The van der Waals surface area contributed by atoms with Crippen LogP contribution in [-0.4, -0.2) is 39.6 Å². The standard InChI is InChI=1S/C9H17N5O/c1-14(6-8-11-7-12-13-8)9(15)4-2-3-5-10/h7H,2-6,10H2,1H3,(H,11,12,13). The zero-order valence-corrected chi connectivity index (χ0v) is 8.94. The topological polar surface area (TPSA) is 87.9 Å². The summed E-state index contributed by atoms with van der Waals surface area (Å²) in [5, 5.41) is 6.43. The first-order valence-electron chi connectivity index (χ1n) is 5.02. The van der Waals surface area contributed by atoms with Gasteiger partial charge in [-0.15, -0.1) is 0 Å². The number of aromatic nitrogens is 3. The molecule has 1 aromatic heterocycles. The summed E-state index contributed by atoms with van der Waals surface area (Å²) in [7, 11) is 1.76. The van der Waals surface area contributed by atoms with E-state index in [1.54, 1.807) is 11.9 Å². The summed E-state index contributed by atoms with van der Waals surface area (Å²) < 4.78 is 0. The van der Waals surface area contributed by atoms with Crippen LogP contribution in [0.2, 0.25) is 0 Å². The second-order valence-corrected chi connectivity index (χ2v) is 3.43. The van der Waals surface area contributed by atoms with E-state index in [4.69, 9.17) is 5.73 Å². The third-order valence-corrected chi connectivity index (χ3v) is 2.12. The fraction of sp³-hybridized carbons (Fsp3) is 0.667. The van der Waals surface area contributed by atoms with E-state index in [0.29, 0.717) is 25.3 Å². The van der Waals surface area contributed by atoms with Crippen LogP contribution in [0.25, 0.3) is 0 Å². The molecule has 0 unspecified atom stereocenters. The number of nitrogens with one attached hydrogen (secondary N) is 1. The number of aromatic amines is 1. The second-order valence-electron chi connectivity index (χ2n) is 3.43. The number of carbonyl (C=O) groups is 1. The Morgan fingerprint density at radius 1 is 1.60 bits per heavy atom. The van der Waals surface area contributed by atoms with Gasteiger partial charge >= 0.3 is 0 Å². The van der Waals surface area contributed by atoms with E-state index in [2.05, 4.69) is 15.2 Å². The summed E-state index contributed by atoms with van der Waals surface area (Å²) in [6.07, 6.45) is 3.71. The van der Waals surface area contributed by atoms with Crippen molar-refractivity contribution in [3.8, 4) is 0 Å². The smallest absolute Gasteiger partial charge is 0.222 e. The van der Waals surface area contributed by atoms with Gasteiger partial charge in [0.2, 0.25) is 5.91 Å². The first-order valence-corrected chi connectivity index (χ1v) is 5.02. The number of carbonyl (C=O) groups excluding carboxylic acids is 1. The van der Waals surface area contributed by atoms with Crippen LogP contribution in [0.3, 0.4) is 0 Å². The fourth-order valence-corrected chi connectivity index (χ4v) is 1.23. The Balaban J connectivity index is 2.27. The van der Waals surface area contributed by atoms with Crippen molar-refractivity contribution in [3.63, 3.8) is 0 Å². The van der Waals surface area contributed by atoms with Crippen molar-refractivity contribution >= 4 is 5.91 Å². The fourth-order valence-electron chi connectivity index (χ4n) is 1.23. The van der Waals surface area contributed by atoms with Crippen LogP contribution < -0.4 is 5.73 Å².